The maximum absolute atomic E-state index is 13.4. The van der Waals surface area contributed by atoms with Gasteiger partial charge >= 0.3 is 0 Å². The quantitative estimate of drug-likeness (QED) is 0.602. The Morgan fingerprint density at radius 1 is 1.03 bits per heavy atom. The van der Waals surface area contributed by atoms with Crippen molar-refractivity contribution in [3.63, 3.8) is 0 Å². The average molecular weight is 413 g/mol. The van der Waals surface area contributed by atoms with E-state index >= 15 is 0 Å². The Kier molecular flexibility index (Phi) is 4.81. The number of pyridine rings is 1. The van der Waals surface area contributed by atoms with E-state index in [4.69, 9.17) is 0 Å². The number of imide groups is 1. The number of hydrogen-bond donors (Lipinski definition) is 1. The topological polar surface area (TPSA) is 108 Å². The van der Waals surface area contributed by atoms with E-state index < -0.39 is 40.1 Å². The second kappa shape index (κ2) is 7.18. The van der Waals surface area contributed by atoms with E-state index in [-0.39, 0.29) is 22.6 Å². The van der Waals surface area contributed by atoms with Crippen LogP contribution in [0.25, 0.3) is 0 Å². The van der Waals surface area contributed by atoms with E-state index in [0.717, 1.165) is 9.21 Å². The van der Waals surface area contributed by atoms with Gasteiger partial charge < -0.3 is 5.11 Å². The van der Waals surface area contributed by atoms with Crippen molar-refractivity contribution in [3.05, 3.63) is 71.9 Å². The van der Waals surface area contributed by atoms with Crippen molar-refractivity contribution >= 4 is 21.8 Å². The predicted molar refractivity (Wildman–Crippen MR) is 103 cm³/mol. The van der Waals surface area contributed by atoms with Gasteiger partial charge in [0.15, 0.2) is 5.03 Å². The summed E-state index contributed by atoms with van der Waals surface area (Å²) in [5, 5.41) is 10.6. The van der Waals surface area contributed by atoms with Gasteiger partial charge in [0.1, 0.15) is 6.17 Å². The fourth-order valence-corrected chi connectivity index (χ4v) is 5.42. The summed E-state index contributed by atoms with van der Waals surface area (Å²) >= 11 is 0. The molecule has 0 saturated carbocycles. The smallest absolute Gasteiger partial charge is 0.263 e. The first-order valence-corrected chi connectivity index (χ1v) is 10.5. The highest BCUT2D eigenvalue weighted by Crippen LogP contribution is 2.33. The lowest BCUT2D eigenvalue weighted by Crippen LogP contribution is -2.60. The Labute approximate surface area is 168 Å². The summed E-state index contributed by atoms with van der Waals surface area (Å²) in [4.78, 5) is 30.8. The Morgan fingerprint density at radius 2 is 1.66 bits per heavy atom. The third kappa shape index (κ3) is 3.07. The van der Waals surface area contributed by atoms with E-state index in [2.05, 4.69) is 4.98 Å². The minimum Gasteiger partial charge on any atom is -0.389 e. The molecule has 1 N–H and O–H groups in total. The van der Waals surface area contributed by atoms with E-state index in [0.29, 0.717) is 0 Å². The molecule has 3 unspecified atom stereocenters. The fourth-order valence-electron chi connectivity index (χ4n) is 3.73. The molecule has 3 heterocycles. The van der Waals surface area contributed by atoms with Crippen molar-refractivity contribution in [2.75, 3.05) is 0 Å². The standard InChI is InChI=1S/C20H19N3O5S/c1-13-7-6-10-16(24)18(23(13)29(27,28)17-11-4-5-12-21-17)22-19(25)14-8-2-3-9-15(14)20(22)26/h2-9,11-13,16,18,24H,10H2,1H3. The number of fused-ring (bicyclic) bond motifs is 1. The fraction of sp³-hybridized carbons (Fsp3) is 0.250. The van der Waals surface area contributed by atoms with Gasteiger partial charge in [-0.1, -0.05) is 30.4 Å². The lowest BCUT2D eigenvalue weighted by Gasteiger charge is -2.39. The molecule has 0 bridgehead atoms. The Hall–Kier alpha value is -2.88. The van der Waals surface area contributed by atoms with Crippen LogP contribution in [0.2, 0.25) is 0 Å². The zero-order valence-electron chi connectivity index (χ0n) is 15.5. The van der Waals surface area contributed by atoms with Crippen molar-refractivity contribution in [1.82, 2.24) is 14.2 Å². The number of hydrogen-bond acceptors (Lipinski definition) is 6. The van der Waals surface area contributed by atoms with Gasteiger partial charge in [-0.15, -0.1) is 0 Å². The minimum absolute atomic E-state index is 0.0939. The molecule has 2 aliphatic heterocycles. The molecule has 0 radical (unpaired) electrons. The number of amides is 2. The first-order valence-electron chi connectivity index (χ1n) is 9.10. The van der Waals surface area contributed by atoms with Crippen molar-refractivity contribution in [2.24, 2.45) is 0 Å². The van der Waals surface area contributed by atoms with Gasteiger partial charge in [-0.05, 0) is 37.6 Å². The van der Waals surface area contributed by atoms with Gasteiger partial charge in [0, 0.05) is 12.2 Å². The third-order valence-electron chi connectivity index (χ3n) is 5.07. The van der Waals surface area contributed by atoms with Crippen LogP contribution in [-0.2, 0) is 10.0 Å². The SMILES string of the molecule is CC1C=CCC(O)C(N2C(=O)c3ccccc3C2=O)N1S(=O)(=O)c1ccccn1. The van der Waals surface area contributed by atoms with Crippen LogP contribution in [0, 0.1) is 0 Å². The second-order valence-electron chi connectivity index (χ2n) is 6.91. The molecule has 2 aliphatic rings. The van der Waals surface area contributed by atoms with Crippen molar-refractivity contribution in [1.29, 1.82) is 0 Å². The number of aliphatic hydroxyl groups excluding tert-OH is 1. The van der Waals surface area contributed by atoms with Crippen LogP contribution in [0.3, 0.4) is 0 Å². The Balaban J connectivity index is 1.86. The first-order chi connectivity index (χ1) is 13.8. The van der Waals surface area contributed by atoms with Crippen LogP contribution < -0.4 is 0 Å². The predicted octanol–water partition coefficient (Wildman–Crippen LogP) is 1.40. The number of aromatic nitrogens is 1. The monoisotopic (exact) mass is 413 g/mol. The van der Waals surface area contributed by atoms with Crippen LogP contribution >= 0.6 is 0 Å². The molecule has 4 rings (SSSR count). The Bertz CT molecular complexity index is 1070. The number of carbonyl (C=O) groups is 2. The zero-order chi connectivity index (χ0) is 20.8. The molecule has 2 aromatic rings. The molecule has 29 heavy (non-hydrogen) atoms. The highest BCUT2D eigenvalue weighted by molar-refractivity contribution is 7.89. The largest absolute Gasteiger partial charge is 0.389 e. The maximum atomic E-state index is 13.4. The molecule has 3 atom stereocenters. The summed E-state index contributed by atoms with van der Waals surface area (Å²) < 4.78 is 27.8. The van der Waals surface area contributed by atoms with Gasteiger partial charge in [-0.25, -0.2) is 13.4 Å². The summed E-state index contributed by atoms with van der Waals surface area (Å²) in [6.07, 6.45) is 2.02. The maximum Gasteiger partial charge on any atom is 0.263 e. The molecular weight excluding hydrogens is 394 g/mol. The highest BCUT2D eigenvalue weighted by atomic mass is 32.2. The Morgan fingerprint density at radius 3 is 2.24 bits per heavy atom. The minimum atomic E-state index is -4.22. The molecule has 0 aliphatic carbocycles. The van der Waals surface area contributed by atoms with Gasteiger partial charge in [-0.2, -0.15) is 4.31 Å². The molecule has 2 amide bonds. The molecule has 150 valence electrons. The second-order valence-corrected chi connectivity index (χ2v) is 8.70. The molecular formula is C20H19N3O5S. The van der Waals surface area contributed by atoms with Gasteiger partial charge in [0.2, 0.25) is 0 Å². The van der Waals surface area contributed by atoms with E-state index in [1.54, 1.807) is 37.3 Å². The highest BCUT2D eigenvalue weighted by Gasteiger charge is 2.50. The number of rotatable bonds is 3. The molecule has 8 nitrogen and oxygen atoms in total. The summed E-state index contributed by atoms with van der Waals surface area (Å²) in [7, 11) is -4.22. The number of benzene rings is 1. The lowest BCUT2D eigenvalue weighted by molar-refractivity contribution is 0.000579. The molecule has 1 aromatic carbocycles. The number of sulfonamides is 1. The number of carbonyl (C=O) groups excluding carboxylic acids is 2. The van der Waals surface area contributed by atoms with Crippen LogP contribution in [-0.4, -0.2) is 57.8 Å². The van der Waals surface area contributed by atoms with Gasteiger partial charge in [-0.3, -0.25) is 14.5 Å². The average Bonchev–Trinajstić information content (AvgIpc) is 2.86. The summed E-state index contributed by atoms with van der Waals surface area (Å²) in [5.74, 6) is -1.27. The molecule has 0 fully saturated rings. The zero-order valence-corrected chi connectivity index (χ0v) is 16.4. The molecule has 0 saturated heterocycles. The molecule has 9 heteroatoms. The van der Waals surface area contributed by atoms with Crippen molar-refractivity contribution in [2.45, 2.75) is 36.7 Å². The van der Waals surface area contributed by atoms with Crippen LogP contribution in [0.15, 0.2) is 65.8 Å². The summed E-state index contributed by atoms with van der Waals surface area (Å²) in [5.41, 5.74) is 0.370. The van der Waals surface area contributed by atoms with Gasteiger partial charge in [0.25, 0.3) is 21.8 Å². The van der Waals surface area contributed by atoms with Gasteiger partial charge in [0.05, 0.1) is 17.2 Å². The summed E-state index contributed by atoms with van der Waals surface area (Å²) in [6.45, 7) is 1.63. The first kappa shape index (κ1) is 19.4. The van der Waals surface area contributed by atoms with Crippen molar-refractivity contribution < 1.29 is 23.1 Å². The summed E-state index contributed by atoms with van der Waals surface area (Å²) in [6, 6.07) is 10.0. The van der Waals surface area contributed by atoms with Crippen molar-refractivity contribution in [3.8, 4) is 0 Å². The number of aliphatic hydroxyl groups is 1. The van der Waals surface area contributed by atoms with Crippen LogP contribution in [0.1, 0.15) is 34.1 Å². The van der Waals surface area contributed by atoms with E-state index in [1.165, 1.54) is 30.5 Å². The van der Waals surface area contributed by atoms with E-state index in [9.17, 15) is 23.1 Å². The van der Waals surface area contributed by atoms with Crippen LogP contribution in [0.5, 0.6) is 0 Å². The molecule has 1 aromatic heterocycles. The normalized spacial score (nSPS) is 25.2. The number of nitrogens with zero attached hydrogens (tertiary/aromatic N) is 3. The lowest BCUT2D eigenvalue weighted by atomic mass is 10.1. The third-order valence-corrected chi connectivity index (χ3v) is 6.94. The molecule has 0 spiro atoms. The van der Waals surface area contributed by atoms with Crippen LogP contribution in [0.4, 0.5) is 0 Å². The van der Waals surface area contributed by atoms with E-state index in [1.807, 2.05) is 0 Å².